The molecule has 0 heterocycles. The fraction of sp³-hybridized carbons (Fsp3) is 0.889. The second kappa shape index (κ2) is 41.2. The summed E-state index contributed by atoms with van der Waals surface area (Å²) in [5.41, 5.74) is 4.94. The summed E-state index contributed by atoms with van der Waals surface area (Å²) in [7, 11) is 0. The Labute approximate surface area is 583 Å². The molecular weight excluding hydrogens is 1140 g/mol. The zero-order valence-corrected chi connectivity index (χ0v) is 64.0. The van der Waals surface area contributed by atoms with Crippen LogP contribution in [0.2, 0.25) is 0 Å². The van der Waals surface area contributed by atoms with Crippen LogP contribution in [0.5, 0.6) is 0 Å². The molecular formula is C90H156O4. The standard InChI is InChI=1S/2C45H78O2/c2*1-6-7-8-9-10-11-12-13-14-15-16-17-18-19-20-24-38(46)33-35(2)22-21-23-36(3)41-27-28-42-40-26-25-37-34-39(47)29-31-44(37,4)43(40)30-32-45(41,42)5/h2*13-14,25,35-36,39-43,47H,6-12,15-24,26-34H2,1-5H3/b2*14-13-/t2*35?,36-,39+,40+,41-,42+,43+,44+,45-/m11/s1. The minimum absolute atomic E-state index is 0.103. The number of aliphatic hydroxyl groups is 2. The average Bonchev–Trinajstić information content (AvgIpc) is 1.37. The summed E-state index contributed by atoms with van der Waals surface area (Å²) in [6.45, 7) is 24.8. The maximum Gasteiger partial charge on any atom is 0.133 e. The van der Waals surface area contributed by atoms with Crippen molar-refractivity contribution in [2.24, 2.45) is 92.7 Å². The summed E-state index contributed by atoms with van der Waals surface area (Å²) in [4.78, 5) is 25.4. The van der Waals surface area contributed by atoms with Crippen molar-refractivity contribution in [3.05, 3.63) is 47.6 Å². The van der Waals surface area contributed by atoms with Crippen molar-refractivity contribution in [3.63, 3.8) is 0 Å². The molecule has 2 N–H and O–H groups in total. The molecule has 4 nitrogen and oxygen atoms in total. The second-order valence-corrected chi connectivity index (χ2v) is 35.9. The Balaban J connectivity index is 0.000000266. The molecule has 0 aliphatic heterocycles. The zero-order valence-electron chi connectivity index (χ0n) is 64.0. The monoisotopic (exact) mass is 1300 g/mol. The highest BCUT2D eigenvalue weighted by molar-refractivity contribution is 5.78. The summed E-state index contributed by atoms with van der Waals surface area (Å²) >= 11 is 0. The first-order chi connectivity index (χ1) is 45.4. The van der Waals surface area contributed by atoms with Gasteiger partial charge in [-0.2, -0.15) is 0 Å². The predicted octanol–water partition coefficient (Wildman–Crippen LogP) is 26.7. The van der Waals surface area contributed by atoms with Gasteiger partial charge in [0.2, 0.25) is 0 Å². The van der Waals surface area contributed by atoms with Crippen LogP contribution in [0.3, 0.4) is 0 Å². The molecule has 0 aromatic carbocycles. The molecule has 0 aromatic heterocycles. The minimum Gasteiger partial charge on any atom is -0.393 e. The fourth-order valence-electron chi connectivity index (χ4n) is 23.2. The molecule has 18 atom stereocenters. The highest BCUT2D eigenvalue weighted by atomic mass is 16.3. The number of fused-ring (bicyclic) bond motifs is 10. The first-order valence-corrected chi connectivity index (χ1v) is 42.5. The molecule has 0 radical (unpaired) electrons. The maximum atomic E-state index is 12.7. The molecule has 0 saturated heterocycles. The van der Waals surface area contributed by atoms with Crippen molar-refractivity contribution in [3.8, 4) is 0 Å². The number of aliphatic hydroxyl groups excluding tert-OH is 2. The van der Waals surface area contributed by atoms with Crippen LogP contribution in [0.25, 0.3) is 0 Å². The van der Waals surface area contributed by atoms with Crippen molar-refractivity contribution in [2.75, 3.05) is 0 Å². The van der Waals surface area contributed by atoms with Crippen molar-refractivity contribution in [1.29, 1.82) is 0 Å². The molecule has 2 unspecified atom stereocenters. The van der Waals surface area contributed by atoms with E-state index in [0.29, 0.717) is 45.1 Å². The molecule has 0 aromatic rings. The third kappa shape index (κ3) is 23.1. The predicted molar refractivity (Wildman–Crippen MR) is 405 cm³/mol. The van der Waals surface area contributed by atoms with Crippen molar-refractivity contribution >= 4 is 11.6 Å². The van der Waals surface area contributed by atoms with E-state index in [0.717, 1.165) is 123 Å². The lowest BCUT2D eigenvalue weighted by molar-refractivity contribution is -0.120. The maximum absolute atomic E-state index is 12.7. The minimum atomic E-state index is -0.103. The number of rotatable bonds is 44. The van der Waals surface area contributed by atoms with Crippen LogP contribution in [0.4, 0.5) is 0 Å². The molecule has 6 fully saturated rings. The number of unbranched alkanes of at least 4 members (excludes halogenated alkanes) is 22. The lowest BCUT2D eigenvalue weighted by Crippen LogP contribution is -2.50. The van der Waals surface area contributed by atoms with Crippen molar-refractivity contribution < 1.29 is 19.8 Å². The SMILES string of the molecule is CCCCCCCC/C=C\CCCCCCCC(=O)CC(C)CCC[C@@H](C)[C@H]1CC[C@H]2[C@@H]3CC=C4C[C@@H](O)CC[C@]4(C)[C@H]3CC[C@]12C.CCCCCCCC/C=C\CCCCCCCC(=O)CC(C)CCC[C@@H](C)[C@H]1CC[C@H]2[C@@H]3CC=C4C[C@@H](O)CC[C@]4(C)[C@H]3CC[C@]12C. The third-order valence-corrected chi connectivity index (χ3v) is 29.0. The van der Waals surface area contributed by atoms with Crippen LogP contribution in [0.15, 0.2) is 47.6 Å². The Kier molecular flexibility index (Phi) is 34.9. The van der Waals surface area contributed by atoms with Crippen LogP contribution in [0.1, 0.15) is 403 Å². The number of carbonyl (C=O) groups excluding carboxylic acids is 2. The summed E-state index contributed by atoms with van der Waals surface area (Å²) < 4.78 is 0. The van der Waals surface area contributed by atoms with E-state index in [-0.39, 0.29) is 12.2 Å². The van der Waals surface area contributed by atoms with Gasteiger partial charge in [0.05, 0.1) is 12.2 Å². The quantitative estimate of drug-likeness (QED) is 0.0471. The lowest BCUT2D eigenvalue weighted by Gasteiger charge is -2.58. The molecule has 8 aliphatic carbocycles. The van der Waals surface area contributed by atoms with Crippen LogP contribution < -0.4 is 0 Å². The number of Topliss-reactive ketones (excluding diaryl/α,β-unsaturated/α-hetero) is 2. The molecule has 0 amide bonds. The van der Waals surface area contributed by atoms with Crippen LogP contribution in [0, 0.1) is 92.7 Å². The van der Waals surface area contributed by atoms with Gasteiger partial charge in [-0.1, -0.05) is 258 Å². The summed E-state index contributed by atoms with van der Waals surface area (Å²) in [5.74, 6) is 10.6. The number of allylic oxidation sites excluding steroid dienone is 6. The van der Waals surface area contributed by atoms with Gasteiger partial charge in [-0.3, -0.25) is 9.59 Å². The topological polar surface area (TPSA) is 74.6 Å². The first-order valence-electron chi connectivity index (χ1n) is 42.5. The van der Waals surface area contributed by atoms with Gasteiger partial charge in [-0.05, 0) is 260 Å². The van der Waals surface area contributed by atoms with Gasteiger partial charge in [-0.25, -0.2) is 0 Å². The van der Waals surface area contributed by atoms with E-state index >= 15 is 0 Å². The molecule has 6 saturated carbocycles. The van der Waals surface area contributed by atoms with E-state index in [1.165, 1.54) is 270 Å². The Morgan fingerprint density at radius 3 is 1.12 bits per heavy atom. The zero-order chi connectivity index (χ0) is 67.4. The van der Waals surface area contributed by atoms with Crippen LogP contribution in [-0.4, -0.2) is 34.0 Å². The Morgan fingerprint density at radius 1 is 0.415 bits per heavy atom. The van der Waals surface area contributed by atoms with Gasteiger partial charge >= 0.3 is 0 Å². The van der Waals surface area contributed by atoms with Gasteiger partial charge in [0.25, 0.3) is 0 Å². The normalized spacial score (nSPS) is 33.2. The Bertz CT molecular complexity index is 2110. The Hall–Kier alpha value is -1.78. The molecule has 0 spiro atoms. The Morgan fingerprint density at radius 2 is 0.755 bits per heavy atom. The number of hydrogen-bond acceptors (Lipinski definition) is 4. The van der Waals surface area contributed by atoms with Crippen molar-refractivity contribution in [2.45, 2.75) is 415 Å². The number of ketones is 2. The summed E-state index contributed by atoms with van der Waals surface area (Å²) in [6, 6.07) is 0. The number of hydrogen-bond donors (Lipinski definition) is 2. The van der Waals surface area contributed by atoms with Crippen LogP contribution >= 0.6 is 0 Å². The van der Waals surface area contributed by atoms with Gasteiger partial charge in [0.1, 0.15) is 11.6 Å². The second-order valence-electron chi connectivity index (χ2n) is 35.9. The summed E-state index contributed by atoms with van der Waals surface area (Å²) in [6.07, 6.45) is 79.8. The first kappa shape index (κ1) is 79.5. The largest absolute Gasteiger partial charge is 0.393 e. The van der Waals surface area contributed by atoms with Gasteiger partial charge in [0.15, 0.2) is 0 Å². The molecule has 540 valence electrons. The van der Waals surface area contributed by atoms with Gasteiger partial charge in [-0.15, -0.1) is 0 Å². The third-order valence-electron chi connectivity index (χ3n) is 29.0. The van der Waals surface area contributed by atoms with Crippen LogP contribution in [-0.2, 0) is 9.59 Å². The smallest absolute Gasteiger partial charge is 0.133 e. The van der Waals surface area contributed by atoms with E-state index in [1.807, 2.05) is 0 Å². The summed E-state index contributed by atoms with van der Waals surface area (Å²) in [5, 5.41) is 20.7. The fourth-order valence-corrected chi connectivity index (χ4v) is 23.2. The van der Waals surface area contributed by atoms with E-state index < -0.39 is 0 Å². The highest BCUT2D eigenvalue weighted by Gasteiger charge is 2.61. The molecule has 0 bridgehead atoms. The van der Waals surface area contributed by atoms with Gasteiger partial charge < -0.3 is 10.2 Å². The molecule has 8 rings (SSSR count). The van der Waals surface area contributed by atoms with Gasteiger partial charge in [0, 0.05) is 25.7 Å². The molecule has 4 heteroatoms. The highest BCUT2D eigenvalue weighted by Crippen LogP contribution is 2.69. The van der Waals surface area contributed by atoms with E-state index in [4.69, 9.17) is 0 Å². The van der Waals surface area contributed by atoms with E-state index in [9.17, 15) is 19.8 Å². The van der Waals surface area contributed by atoms with E-state index in [1.54, 1.807) is 11.1 Å². The number of carbonyl (C=O) groups is 2. The lowest BCUT2D eigenvalue weighted by atomic mass is 9.47. The average molecular weight is 1300 g/mol. The molecule has 8 aliphatic rings. The van der Waals surface area contributed by atoms with Crippen molar-refractivity contribution in [1.82, 2.24) is 0 Å². The molecule has 94 heavy (non-hydrogen) atoms. The van der Waals surface area contributed by atoms with E-state index in [2.05, 4.69) is 106 Å².